The summed E-state index contributed by atoms with van der Waals surface area (Å²) >= 11 is 6.31. The molecule has 0 radical (unpaired) electrons. The van der Waals surface area contributed by atoms with E-state index in [0.29, 0.717) is 6.54 Å². The molecule has 8 heteroatoms. The van der Waals surface area contributed by atoms with Crippen LogP contribution in [0.15, 0.2) is 41.7 Å². The van der Waals surface area contributed by atoms with Crippen LogP contribution in [0, 0.1) is 0 Å². The number of benzene rings is 1. The topological polar surface area (TPSA) is 57.5 Å². The van der Waals surface area contributed by atoms with Crippen LogP contribution in [0.25, 0.3) is 0 Å². The van der Waals surface area contributed by atoms with Crippen LogP contribution >= 0.6 is 35.6 Å². The van der Waals surface area contributed by atoms with E-state index in [2.05, 4.69) is 48.6 Å². The molecule has 0 saturated heterocycles. The lowest BCUT2D eigenvalue weighted by atomic mass is 10.1. The number of aromatic nitrogens is 2. The molecular formula is C19H30ClIN6. The molecule has 6 nitrogen and oxygen atoms in total. The van der Waals surface area contributed by atoms with E-state index in [1.54, 1.807) is 0 Å². The average molecular weight is 505 g/mol. The Labute approximate surface area is 184 Å². The molecule has 0 amide bonds. The molecule has 0 spiro atoms. The van der Waals surface area contributed by atoms with Crippen molar-refractivity contribution < 1.29 is 0 Å². The maximum Gasteiger partial charge on any atom is 0.191 e. The molecular weight excluding hydrogens is 475 g/mol. The number of rotatable bonds is 7. The van der Waals surface area contributed by atoms with Crippen LogP contribution in [0.5, 0.6) is 0 Å². The minimum atomic E-state index is 0. The summed E-state index contributed by atoms with van der Waals surface area (Å²) in [5, 5.41) is 11.8. The summed E-state index contributed by atoms with van der Waals surface area (Å²) in [6.07, 6.45) is 3.93. The number of nitrogens with one attached hydrogen (secondary N) is 2. The maximum absolute atomic E-state index is 6.31. The first-order valence-electron chi connectivity index (χ1n) is 8.86. The van der Waals surface area contributed by atoms with Crippen molar-refractivity contribution in [2.75, 3.05) is 27.2 Å². The van der Waals surface area contributed by atoms with E-state index in [-0.39, 0.29) is 36.1 Å². The van der Waals surface area contributed by atoms with Crippen molar-refractivity contribution in [1.82, 2.24) is 25.3 Å². The first-order chi connectivity index (χ1) is 12.4. The number of hydrogen-bond acceptors (Lipinski definition) is 3. The van der Waals surface area contributed by atoms with Gasteiger partial charge in [0.1, 0.15) is 0 Å². The van der Waals surface area contributed by atoms with Crippen LogP contribution in [0.3, 0.4) is 0 Å². The Bertz CT molecular complexity index is 730. The molecule has 150 valence electrons. The van der Waals surface area contributed by atoms with Crippen molar-refractivity contribution in [3.8, 4) is 0 Å². The highest BCUT2D eigenvalue weighted by Crippen LogP contribution is 2.22. The molecule has 2 rings (SSSR count). The zero-order chi connectivity index (χ0) is 19.1. The van der Waals surface area contributed by atoms with Gasteiger partial charge in [0.15, 0.2) is 5.96 Å². The fourth-order valence-electron chi connectivity index (χ4n) is 2.79. The molecule has 2 unspecified atom stereocenters. The monoisotopic (exact) mass is 504 g/mol. The largest absolute Gasteiger partial charge is 0.357 e. The highest BCUT2D eigenvalue weighted by Gasteiger charge is 2.16. The van der Waals surface area contributed by atoms with Crippen LogP contribution in [-0.4, -0.2) is 47.8 Å². The van der Waals surface area contributed by atoms with E-state index in [1.807, 2.05) is 48.4 Å². The van der Waals surface area contributed by atoms with Gasteiger partial charge in [0.05, 0.1) is 24.8 Å². The zero-order valence-electron chi connectivity index (χ0n) is 16.6. The Morgan fingerprint density at radius 1 is 1.33 bits per heavy atom. The van der Waals surface area contributed by atoms with Gasteiger partial charge in [0, 0.05) is 30.4 Å². The summed E-state index contributed by atoms with van der Waals surface area (Å²) in [6, 6.07) is 8.08. The molecule has 27 heavy (non-hydrogen) atoms. The fraction of sp³-hybridized carbons (Fsp3) is 0.474. The Hall–Kier alpha value is -1.32. The Balaban J connectivity index is 0.00000364. The van der Waals surface area contributed by atoms with Gasteiger partial charge in [0.25, 0.3) is 0 Å². The van der Waals surface area contributed by atoms with E-state index < -0.39 is 0 Å². The smallest absolute Gasteiger partial charge is 0.191 e. The van der Waals surface area contributed by atoms with Crippen LogP contribution in [0.1, 0.15) is 37.1 Å². The predicted molar refractivity (Wildman–Crippen MR) is 124 cm³/mol. The van der Waals surface area contributed by atoms with Crippen molar-refractivity contribution in [2.45, 2.75) is 25.9 Å². The van der Waals surface area contributed by atoms with E-state index in [4.69, 9.17) is 16.6 Å². The van der Waals surface area contributed by atoms with Gasteiger partial charge < -0.3 is 15.5 Å². The zero-order valence-corrected chi connectivity index (χ0v) is 19.7. The molecule has 2 atom stereocenters. The number of hydrogen-bond donors (Lipinski definition) is 2. The molecule has 0 aliphatic rings. The van der Waals surface area contributed by atoms with Gasteiger partial charge in [-0.05, 0) is 39.6 Å². The SMILES string of the molecule is CCNC(=NCC(c1cnn(C)c1)N(C)C)NC(C)c1ccccc1Cl.I. The second kappa shape index (κ2) is 11.5. The quantitative estimate of drug-likeness (QED) is 0.344. The average Bonchev–Trinajstić information content (AvgIpc) is 3.01. The van der Waals surface area contributed by atoms with Gasteiger partial charge in [-0.2, -0.15) is 5.10 Å². The maximum atomic E-state index is 6.31. The summed E-state index contributed by atoms with van der Waals surface area (Å²) in [6.45, 7) is 5.56. The summed E-state index contributed by atoms with van der Waals surface area (Å²) in [7, 11) is 6.04. The van der Waals surface area contributed by atoms with Gasteiger partial charge in [0.2, 0.25) is 0 Å². The second-order valence-electron chi connectivity index (χ2n) is 6.53. The Kier molecular flexibility index (Phi) is 10.1. The molecule has 0 aliphatic heterocycles. The molecule has 2 aromatic rings. The van der Waals surface area contributed by atoms with Gasteiger partial charge in [-0.1, -0.05) is 29.8 Å². The summed E-state index contributed by atoms with van der Waals surface area (Å²) in [4.78, 5) is 6.94. The lowest BCUT2D eigenvalue weighted by molar-refractivity contribution is 0.306. The van der Waals surface area contributed by atoms with Crippen LogP contribution in [0.2, 0.25) is 5.02 Å². The molecule has 0 fully saturated rings. The number of guanidine groups is 1. The molecule has 1 aromatic heterocycles. The number of aryl methyl sites for hydroxylation is 1. The summed E-state index contributed by atoms with van der Waals surface area (Å²) < 4.78 is 1.82. The number of nitrogens with zero attached hydrogens (tertiary/aromatic N) is 4. The highest BCUT2D eigenvalue weighted by molar-refractivity contribution is 14.0. The van der Waals surface area contributed by atoms with Crippen molar-refractivity contribution >= 4 is 41.5 Å². The Morgan fingerprint density at radius 3 is 2.59 bits per heavy atom. The van der Waals surface area contributed by atoms with Gasteiger partial charge in [-0.3, -0.25) is 9.67 Å². The first-order valence-corrected chi connectivity index (χ1v) is 9.24. The van der Waals surface area contributed by atoms with E-state index in [9.17, 15) is 0 Å². The Morgan fingerprint density at radius 2 is 2.04 bits per heavy atom. The molecule has 1 heterocycles. The van der Waals surface area contributed by atoms with E-state index in [1.165, 1.54) is 0 Å². The predicted octanol–water partition coefficient (Wildman–Crippen LogP) is 3.61. The normalized spacial score (nSPS) is 13.8. The van der Waals surface area contributed by atoms with Crippen molar-refractivity contribution in [3.05, 3.63) is 52.8 Å². The lowest BCUT2D eigenvalue weighted by Gasteiger charge is -2.23. The van der Waals surface area contributed by atoms with Crippen molar-refractivity contribution in [2.24, 2.45) is 12.0 Å². The minimum Gasteiger partial charge on any atom is -0.357 e. The van der Waals surface area contributed by atoms with Crippen LogP contribution in [-0.2, 0) is 7.05 Å². The third-order valence-electron chi connectivity index (χ3n) is 4.22. The third-order valence-corrected chi connectivity index (χ3v) is 4.57. The minimum absolute atomic E-state index is 0. The lowest BCUT2D eigenvalue weighted by Crippen LogP contribution is -2.39. The number of halogens is 2. The molecule has 0 saturated carbocycles. The number of aliphatic imine (C=N–C) groups is 1. The third kappa shape index (κ3) is 6.97. The van der Waals surface area contributed by atoms with Crippen molar-refractivity contribution in [1.29, 1.82) is 0 Å². The molecule has 2 N–H and O–H groups in total. The van der Waals surface area contributed by atoms with Gasteiger partial charge >= 0.3 is 0 Å². The second-order valence-corrected chi connectivity index (χ2v) is 6.94. The summed E-state index contributed by atoms with van der Waals surface area (Å²) in [5.41, 5.74) is 2.20. The summed E-state index contributed by atoms with van der Waals surface area (Å²) in [5.74, 6) is 0.774. The van der Waals surface area contributed by atoms with Crippen LogP contribution < -0.4 is 10.6 Å². The number of likely N-dealkylation sites (N-methyl/N-ethyl adjacent to an activating group) is 1. The van der Waals surface area contributed by atoms with Gasteiger partial charge in [-0.15, -0.1) is 24.0 Å². The van der Waals surface area contributed by atoms with E-state index >= 15 is 0 Å². The first kappa shape index (κ1) is 23.7. The molecule has 1 aromatic carbocycles. The molecule has 0 aliphatic carbocycles. The van der Waals surface area contributed by atoms with Gasteiger partial charge in [-0.25, -0.2) is 0 Å². The molecule has 0 bridgehead atoms. The van der Waals surface area contributed by atoms with E-state index in [0.717, 1.165) is 28.7 Å². The van der Waals surface area contributed by atoms with Crippen LogP contribution in [0.4, 0.5) is 0 Å². The standard InChI is InChI=1S/C19H29ClN6.HI/c1-6-21-19(24-14(2)16-9-7-8-10-17(16)20)22-12-18(25(3)4)15-11-23-26(5)13-15;/h7-11,13-14,18H,6,12H2,1-5H3,(H2,21,22,24);1H. The van der Waals surface area contributed by atoms with Crippen molar-refractivity contribution in [3.63, 3.8) is 0 Å². The highest BCUT2D eigenvalue weighted by atomic mass is 127. The fourth-order valence-corrected chi connectivity index (χ4v) is 3.09.